The minimum absolute atomic E-state index is 0.109. The molecule has 2 aliphatic rings. The maximum absolute atomic E-state index is 12.3. The number of hydrogen-bond donors (Lipinski definition) is 1. The van der Waals surface area contributed by atoms with Crippen LogP contribution < -0.4 is 0 Å². The Balaban J connectivity index is 1.77. The fraction of sp³-hybridized carbons (Fsp3) is 0.500. The normalized spacial score (nSPS) is 25.4. The lowest BCUT2D eigenvalue weighted by atomic mass is 10.0. The predicted molar refractivity (Wildman–Crippen MR) is 67.9 cm³/mol. The SMILES string of the molecule is O=C(O)c1ccnc(C(=O)N2CC3CCCC3C2)c1. The number of carbonyl (C=O) groups excluding carboxylic acids is 1. The van der Waals surface area contributed by atoms with Gasteiger partial charge in [0, 0.05) is 19.3 Å². The highest BCUT2D eigenvalue weighted by atomic mass is 16.4. The zero-order valence-corrected chi connectivity index (χ0v) is 10.6. The van der Waals surface area contributed by atoms with Gasteiger partial charge >= 0.3 is 5.97 Å². The number of fused-ring (bicyclic) bond motifs is 1. The Morgan fingerprint density at radius 2 is 1.95 bits per heavy atom. The van der Waals surface area contributed by atoms with Gasteiger partial charge in [-0.05, 0) is 36.8 Å². The fourth-order valence-corrected chi connectivity index (χ4v) is 3.24. The summed E-state index contributed by atoms with van der Waals surface area (Å²) in [4.78, 5) is 29.1. The van der Waals surface area contributed by atoms with Gasteiger partial charge in [0.15, 0.2) is 0 Å². The third-order valence-corrected chi connectivity index (χ3v) is 4.24. The van der Waals surface area contributed by atoms with E-state index in [9.17, 15) is 9.59 Å². The Bertz CT molecular complexity index is 517. The van der Waals surface area contributed by atoms with Crippen molar-refractivity contribution in [1.82, 2.24) is 9.88 Å². The number of nitrogens with zero attached hydrogens (tertiary/aromatic N) is 2. The summed E-state index contributed by atoms with van der Waals surface area (Å²) in [6.07, 6.45) is 5.06. The van der Waals surface area contributed by atoms with E-state index in [4.69, 9.17) is 5.11 Å². The van der Waals surface area contributed by atoms with Gasteiger partial charge in [0.25, 0.3) is 5.91 Å². The molecule has 2 unspecified atom stereocenters. The Morgan fingerprint density at radius 1 is 1.26 bits per heavy atom. The fourth-order valence-electron chi connectivity index (χ4n) is 3.24. The van der Waals surface area contributed by atoms with Crippen LogP contribution in [-0.4, -0.2) is 40.0 Å². The Kier molecular flexibility index (Phi) is 2.97. The summed E-state index contributed by atoms with van der Waals surface area (Å²) < 4.78 is 0. The lowest BCUT2D eigenvalue weighted by molar-refractivity contribution is 0.0696. The molecule has 0 spiro atoms. The molecule has 1 aromatic heterocycles. The van der Waals surface area contributed by atoms with E-state index in [2.05, 4.69) is 4.98 Å². The molecule has 1 aliphatic carbocycles. The number of carbonyl (C=O) groups is 2. The summed E-state index contributed by atoms with van der Waals surface area (Å²) in [7, 11) is 0. The van der Waals surface area contributed by atoms with E-state index < -0.39 is 5.97 Å². The molecule has 1 amide bonds. The summed E-state index contributed by atoms with van der Waals surface area (Å²) >= 11 is 0. The van der Waals surface area contributed by atoms with Gasteiger partial charge in [-0.2, -0.15) is 0 Å². The lowest BCUT2D eigenvalue weighted by Crippen LogP contribution is -2.30. The number of carboxylic acids is 1. The second-order valence-electron chi connectivity index (χ2n) is 5.40. The van der Waals surface area contributed by atoms with Crippen molar-refractivity contribution in [1.29, 1.82) is 0 Å². The third-order valence-electron chi connectivity index (χ3n) is 4.24. The van der Waals surface area contributed by atoms with Crippen molar-refractivity contribution in [3.05, 3.63) is 29.6 Å². The van der Waals surface area contributed by atoms with Crippen LogP contribution in [0, 0.1) is 11.8 Å². The Morgan fingerprint density at radius 3 is 2.58 bits per heavy atom. The monoisotopic (exact) mass is 260 g/mol. The summed E-state index contributed by atoms with van der Waals surface area (Å²) in [6.45, 7) is 1.59. The molecule has 2 atom stereocenters. The van der Waals surface area contributed by atoms with E-state index in [0.29, 0.717) is 11.8 Å². The molecule has 0 aromatic carbocycles. The van der Waals surface area contributed by atoms with E-state index in [-0.39, 0.29) is 17.2 Å². The van der Waals surface area contributed by atoms with Gasteiger partial charge in [0.1, 0.15) is 5.69 Å². The van der Waals surface area contributed by atoms with Crippen LogP contribution in [0.5, 0.6) is 0 Å². The van der Waals surface area contributed by atoms with Crippen LogP contribution in [0.4, 0.5) is 0 Å². The molecule has 1 aliphatic heterocycles. The third kappa shape index (κ3) is 2.20. The first-order valence-electron chi connectivity index (χ1n) is 6.64. The van der Waals surface area contributed by atoms with Crippen LogP contribution in [0.15, 0.2) is 18.3 Å². The summed E-state index contributed by atoms with van der Waals surface area (Å²) in [5.41, 5.74) is 0.345. The summed E-state index contributed by atoms with van der Waals surface area (Å²) in [5.74, 6) is 0.0884. The van der Waals surface area contributed by atoms with Gasteiger partial charge in [-0.3, -0.25) is 9.78 Å². The molecule has 1 aromatic rings. The smallest absolute Gasteiger partial charge is 0.335 e. The summed E-state index contributed by atoms with van der Waals surface area (Å²) in [6, 6.07) is 2.76. The van der Waals surface area contributed by atoms with Crippen LogP contribution in [0.1, 0.15) is 40.1 Å². The number of aromatic nitrogens is 1. The largest absolute Gasteiger partial charge is 0.478 e. The Hall–Kier alpha value is -1.91. The van der Waals surface area contributed by atoms with Crippen molar-refractivity contribution >= 4 is 11.9 Å². The van der Waals surface area contributed by atoms with Crippen LogP contribution in [0.2, 0.25) is 0 Å². The number of pyridine rings is 1. The molecular weight excluding hydrogens is 244 g/mol. The topological polar surface area (TPSA) is 70.5 Å². The molecule has 100 valence electrons. The number of likely N-dealkylation sites (tertiary alicyclic amines) is 1. The highest BCUT2D eigenvalue weighted by Gasteiger charge is 2.38. The Labute approximate surface area is 111 Å². The molecular formula is C14H16N2O3. The van der Waals surface area contributed by atoms with E-state index >= 15 is 0 Å². The number of carboxylic acid groups (broad SMARTS) is 1. The highest BCUT2D eigenvalue weighted by Crippen LogP contribution is 2.38. The quantitative estimate of drug-likeness (QED) is 0.877. The number of aromatic carboxylic acids is 1. The predicted octanol–water partition coefficient (Wildman–Crippen LogP) is 1.65. The van der Waals surface area contributed by atoms with Crippen molar-refractivity contribution < 1.29 is 14.7 Å². The molecule has 2 heterocycles. The van der Waals surface area contributed by atoms with E-state index in [1.165, 1.54) is 37.6 Å². The first kappa shape index (κ1) is 12.1. The molecule has 1 saturated carbocycles. The number of amides is 1. The van der Waals surface area contributed by atoms with Crippen molar-refractivity contribution in [2.24, 2.45) is 11.8 Å². The molecule has 5 heteroatoms. The van der Waals surface area contributed by atoms with Crippen LogP contribution in [-0.2, 0) is 0 Å². The molecule has 0 radical (unpaired) electrons. The van der Waals surface area contributed by atoms with Gasteiger partial charge in [0.2, 0.25) is 0 Å². The number of hydrogen-bond acceptors (Lipinski definition) is 3. The van der Waals surface area contributed by atoms with Gasteiger partial charge in [0.05, 0.1) is 5.56 Å². The molecule has 1 N–H and O–H groups in total. The van der Waals surface area contributed by atoms with Gasteiger partial charge in [-0.25, -0.2) is 4.79 Å². The van der Waals surface area contributed by atoms with Crippen molar-refractivity contribution in [3.63, 3.8) is 0 Å². The maximum Gasteiger partial charge on any atom is 0.335 e. The number of rotatable bonds is 2. The van der Waals surface area contributed by atoms with Gasteiger partial charge < -0.3 is 10.0 Å². The molecule has 0 bridgehead atoms. The first-order chi connectivity index (χ1) is 9.15. The van der Waals surface area contributed by atoms with Crippen LogP contribution in [0.3, 0.4) is 0 Å². The molecule has 3 rings (SSSR count). The average Bonchev–Trinajstić information content (AvgIpc) is 2.98. The molecule has 19 heavy (non-hydrogen) atoms. The molecule has 5 nitrogen and oxygen atoms in total. The van der Waals surface area contributed by atoms with Crippen molar-refractivity contribution in [2.75, 3.05) is 13.1 Å². The van der Waals surface area contributed by atoms with Gasteiger partial charge in [-0.15, -0.1) is 0 Å². The second kappa shape index (κ2) is 4.64. The van der Waals surface area contributed by atoms with Crippen LogP contribution >= 0.6 is 0 Å². The molecule has 2 fully saturated rings. The lowest BCUT2D eigenvalue weighted by Gasteiger charge is -2.16. The maximum atomic E-state index is 12.3. The minimum Gasteiger partial charge on any atom is -0.478 e. The average molecular weight is 260 g/mol. The highest BCUT2D eigenvalue weighted by molar-refractivity contribution is 5.95. The summed E-state index contributed by atoms with van der Waals surface area (Å²) in [5, 5.41) is 8.94. The molecule has 1 saturated heterocycles. The van der Waals surface area contributed by atoms with E-state index in [0.717, 1.165) is 13.1 Å². The second-order valence-corrected chi connectivity index (χ2v) is 5.40. The van der Waals surface area contributed by atoms with Gasteiger partial charge in [-0.1, -0.05) is 6.42 Å². The first-order valence-corrected chi connectivity index (χ1v) is 6.64. The van der Waals surface area contributed by atoms with E-state index in [1.54, 1.807) is 0 Å². The minimum atomic E-state index is -1.03. The van der Waals surface area contributed by atoms with E-state index in [1.807, 2.05) is 4.90 Å². The van der Waals surface area contributed by atoms with Crippen molar-refractivity contribution in [2.45, 2.75) is 19.3 Å². The van der Waals surface area contributed by atoms with Crippen LogP contribution in [0.25, 0.3) is 0 Å². The van der Waals surface area contributed by atoms with Crippen molar-refractivity contribution in [3.8, 4) is 0 Å². The zero-order valence-electron chi connectivity index (χ0n) is 10.6. The standard InChI is InChI=1S/C14H16N2O3/c17-13(12-6-9(14(18)19)4-5-15-12)16-7-10-2-1-3-11(10)8-16/h4-6,10-11H,1-3,7-8H2,(H,18,19). The zero-order chi connectivity index (χ0) is 13.4.